The molecule has 122 valence electrons. The van der Waals surface area contributed by atoms with Crippen LogP contribution in [0.15, 0.2) is 78.9 Å². The minimum absolute atomic E-state index is 0.134. The Bertz CT molecular complexity index is 972. The molecule has 0 amide bonds. The number of ketones is 1. The van der Waals surface area contributed by atoms with Gasteiger partial charge < -0.3 is 9.72 Å². The number of nitrogens with one attached hydrogen (secondary N) is 1. The van der Waals surface area contributed by atoms with E-state index in [0.29, 0.717) is 18.0 Å². The second-order valence-corrected chi connectivity index (χ2v) is 5.73. The Kier molecular flexibility index (Phi) is 4.01. The Hall–Kier alpha value is -3.40. The standard InChI is InChI=1S/C21H16N2O2/c24-20(21-22-18-8-4-5-9-19(18)23-21)16-10-12-17(13-11-16)25-14-15-6-2-1-3-7-15/h1-13H,14H2,(H,22,23). The number of para-hydroxylation sites is 2. The fourth-order valence-electron chi connectivity index (χ4n) is 2.64. The molecule has 4 rings (SSSR count). The molecule has 3 aromatic carbocycles. The Morgan fingerprint density at radius 3 is 2.36 bits per heavy atom. The molecule has 0 aliphatic rings. The van der Waals surface area contributed by atoms with Crippen LogP contribution in [0, 0.1) is 0 Å². The van der Waals surface area contributed by atoms with E-state index in [2.05, 4.69) is 9.97 Å². The summed E-state index contributed by atoms with van der Waals surface area (Å²) >= 11 is 0. The van der Waals surface area contributed by atoms with E-state index in [0.717, 1.165) is 22.3 Å². The number of carbonyl (C=O) groups is 1. The van der Waals surface area contributed by atoms with Crippen molar-refractivity contribution in [2.45, 2.75) is 6.61 Å². The van der Waals surface area contributed by atoms with Crippen molar-refractivity contribution in [1.82, 2.24) is 9.97 Å². The zero-order chi connectivity index (χ0) is 17.1. The summed E-state index contributed by atoms with van der Waals surface area (Å²) in [4.78, 5) is 20.0. The van der Waals surface area contributed by atoms with Crippen LogP contribution in [-0.2, 0) is 6.61 Å². The van der Waals surface area contributed by atoms with Crippen LogP contribution in [-0.4, -0.2) is 15.8 Å². The smallest absolute Gasteiger partial charge is 0.228 e. The molecule has 0 saturated carbocycles. The van der Waals surface area contributed by atoms with Gasteiger partial charge in [-0.25, -0.2) is 4.98 Å². The highest BCUT2D eigenvalue weighted by Crippen LogP contribution is 2.17. The molecular formula is C21H16N2O2. The largest absolute Gasteiger partial charge is 0.489 e. The monoisotopic (exact) mass is 328 g/mol. The number of aromatic amines is 1. The molecule has 0 unspecified atom stereocenters. The van der Waals surface area contributed by atoms with Crippen LogP contribution in [0.2, 0.25) is 0 Å². The number of hydrogen-bond acceptors (Lipinski definition) is 3. The molecule has 0 aliphatic carbocycles. The van der Waals surface area contributed by atoms with Gasteiger partial charge in [0.25, 0.3) is 0 Å². The molecule has 0 spiro atoms. The third-order valence-electron chi connectivity index (χ3n) is 3.97. The third-order valence-corrected chi connectivity index (χ3v) is 3.97. The lowest BCUT2D eigenvalue weighted by Crippen LogP contribution is -2.03. The quantitative estimate of drug-likeness (QED) is 0.553. The predicted molar refractivity (Wildman–Crippen MR) is 96.7 cm³/mol. The number of ether oxygens (including phenoxy) is 1. The zero-order valence-electron chi connectivity index (χ0n) is 13.5. The van der Waals surface area contributed by atoms with Gasteiger partial charge in [-0.15, -0.1) is 0 Å². The summed E-state index contributed by atoms with van der Waals surface area (Å²) in [5.41, 5.74) is 3.32. The van der Waals surface area contributed by atoms with Crippen molar-refractivity contribution < 1.29 is 9.53 Å². The molecule has 0 radical (unpaired) electrons. The summed E-state index contributed by atoms with van der Waals surface area (Å²) in [6.07, 6.45) is 0. The molecule has 1 N–H and O–H groups in total. The highest BCUT2D eigenvalue weighted by Gasteiger charge is 2.13. The normalized spacial score (nSPS) is 10.7. The maximum absolute atomic E-state index is 12.6. The first-order valence-corrected chi connectivity index (χ1v) is 8.06. The number of nitrogens with zero attached hydrogens (tertiary/aromatic N) is 1. The van der Waals surface area contributed by atoms with E-state index in [1.54, 1.807) is 24.3 Å². The lowest BCUT2D eigenvalue weighted by Gasteiger charge is -2.06. The molecular weight excluding hydrogens is 312 g/mol. The van der Waals surface area contributed by atoms with Crippen LogP contribution >= 0.6 is 0 Å². The second-order valence-electron chi connectivity index (χ2n) is 5.73. The van der Waals surface area contributed by atoms with Crippen molar-refractivity contribution in [1.29, 1.82) is 0 Å². The van der Waals surface area contributed by atoms with Crippen LogP contribution in [0.25, 0.3) is 11.0 Å². The first-order valence-electron chi connectivity index (χ1n) is 8.06. The first-order chi connectivity index (χ1) is 12.3. The minimum Gasteiger partial charge on any atom is -0.489 e. The molecule has 0 aliphatic heterocycles. The first kappa shape index (κ1) is 15.1. The van der Waals surface area contributed by atoms with Gasteiger partial charge in [0.1, 0.15) is 12.4 Å². The van der Waals surface area contributed by atoms with Crippen LogP contribution in [0.3, 0.4) is 0 Å². The van der Waals surface area contributed by atoms with Crippen molar-refractivity contribution in [2.75, 3.05) is 0 Å². The van der Waals surface area contributed by atoms with Crippen LogP contribution in [0.4, 0.5) is 0 Å². The van der Waals surface area contributed by atoms with Gasteiger partial charge in [0.15, 0.2) is 5.82 Å². The summed E-state index contributed by atoms with van der Waals surface area (Å²) < 4.78 is 5.75. The summed E-state index contributed by atoms with van der Waals surface area (Å²) in [5.74, 6) is 0.940. The molecule has 25 heavy (non-hydrogen) atoms. The number of rotatable bonds is 5. The molecule has 4 nitrogen and oxygen atoms in total. The summed E-state index contributed by atoms with van der Waals surface area (Å²) in [7, 11) is 0. The van der Waals surface area contributed by atoms with Crippen LogP contribution in [0.5, 0.6) is 5.75 Å². The predicted octanol–water partition coefficient (Wildman–Crippen LogP) is 4.37. The van der Waals surface area contributed by atoms with E-state index in [1.807, 2.05) is 54.6 Å². The molecule has 0 atom stereocenters. The van der Waals surface area contributed by atoms with Crippen molar-refractivity contribution >= 4 is 16.8 Å². The molecule has 4 aromatic rings. The average Bonchev–Trinajstić information content (AvgIpc) is 3.11. The van der Waals surface area contributed by atoms with Gasteiger partial charge in [0, 0.05) is 5.56 Å². The number of fused-ring (bicyclic) bond motifs is 1. The van der Waals surface area contributed by atoms with Crippen molar-refractivity contribution in [2.24, 2.45) is 0 Å². The van der Waals surface area contributed by atoms with Gasteiger partial charge in [0.05, 0.1) is 11.0 Å². The van der Waals surface area contributed by atoms with Gasteiger partial charge in [-0.05, 0) is 42.0 Å². The van der Waals surface area contributed by atoms with Crippen LogP contribution in [0.1, 0.15) is 21.7 Å². The highest BCUT2D eigenvalue weighted by atomic mass is 16.5. The summed E-state index contributed by atoms with van der Waals surface area (Å²) in [6.45, 7) is 0.498. The maximum Gasteiger partial charge on any atom is 0.228 e. The highest BCUT2D eigenvalue weighted by molar-refractivity contribution is 6.08. The second kappa shape index (κ2) is 6.61. The zero-order valence-corrected chi connectivity index (χ0v) is 13.5. The Morgan fingerprint density at radius 2 is 1.60 bits per heavy atom. The van der Waals surface area contributed by atoms with Gasteiger partial charge in [-0.2, -0.15) is 0 Å². The third kappa shape index (κ3) is 3.28. The minimum atomic E-state index is -0.134. The average molecular weight is 328 g/mol. The lowest BCUT2D eigenvalue weighted by molar-refractivity contribution is 0.103. The summed E-state index contributed by atoms with van der Waals surface area (Å²) in [5, 5.41) is 0. The summed E-state index contributed by atoms with van der Waals surface area (Å²) in [6, 6.07) is 24.7. The van der Waals surface area contributed by atoms with Crippen molar-refractivity contribution in [3.63, 3.8) is 0 Å². The molecule has 0 bridgehead atoms. The molecule has 0 fully saturated rings. The van der Waals surface area contributed by atoms with Gasteiger partial charge in [0.2, 0.25) is 5.78 Å². The fourth-order valence-corrected chi connectivity index (χ4v) is 2.64. The van der Waals surface area contributed by atoms with E-state index in [9.17, 15) is 4.79 Å². The Labute approximate surface area is 145 Å². The lowest BCUT2D eigenvalue weighted by atomic mass is 10.1. The van der Waals surface area contributed by atoms with Gasteiger partial charge in [-0.3, -0.25) is 4.79 Å². The van der Waals surface area contributed by atoms with Gasteiger partial charge in [-0.1, -0.05) is 42.5 Å². The molecule has 4 heteroatoms. The number of benzene rings is 3. The Morgan fingerprint density at radius 1 is 0.880 bits per heavy atom. The van der Waals surface area contributed by atoms with E-state index in [-0.39, 0.29) is 5.78 Å². The molecule has 1 aromatic heterocycles. The SMILES string of the molecule is O=C(c1ccc(OCc2ccccc2)cc1)c1nc2ccccc2[nH]1. The number of carbonyl (C=O) groups excluding carboxylic acids is 1. The van der Waals surface area contributed by atoms with Crippen molar-refractivity contribution in [3.05, 3.63) is 95.8 Å². The topological polar surface area (TPSA) is 55.0 Å². The van der Waals surface area contributed by atoms with E-state index >= 15 is 0 Å². The van der Waals surface area contributed by atoms with E-state index < -0.39 is 0 Å². The number of H-pyrrole nitrogens is 1. The van der Waals surface area contributed by atoms with Crippen LogP contribution < -0.4 is 4.74 Å². The maximum atomic E-state index is 12.6. The van der Waals surface area contributed by atoms with E-state index in [1.165, 1.54) is 0 Å². The molecule has 1 heterocycles. The number of aromatic nitrogens is 2. The molecule has 0 saturated heterocycles. The Balaban J connectivity index is 1.48. The number of imidazole rings is 1. The fraction of sp³-hybridized carbons (Fsp3) is 0.0476. The van der Waals surface area contributed by atoms with Crippen molar-refractivity contribution in [3.8, 4) is 5.75 Å². The van der Waals surface area contributed by atoms with Gasteiger partial charge >= 0.3 is 0 Å². The number of hydrogen-bond donors (Lipinski definition) is 1. The van der Waals surface area contributed by atoms with E-state index in [4.69, 9.17) is 4.74 Å².